The van der Waals surface area contributed by atoms with Crippen molar-refractivity contribution in [2.24, 2.45) is 0 Å². The number of hydrogen-bond acceptors (Lipinski definition) is 6. The quantitative estimate of drug-likeness (QED) is 0.659. The minimum atomic E-state index is -0.341. The lowest BCUT2D eigenvalue weighted by atomic mass is 10.2. The molecule has 3 aromatic rings. The molecule has 0 N–H and O–H groups in total. The molecule has 0 unspecified atom stereocenters. The Bertz CT molecular complexity index is 956. The first kappa shape index (κ1) is 19.0. The molecule has 150 valence electrons. The third kappa shape index (κ3) is 4.75. The number of carbonyl (C=O) groups is 1. The zero-order valence-corrected chi connectivity index (χ0v) is 15.8. The van der Waals surface area contributed by atoms with Gasteiger partial charge in [-0.3, -0.25) is 4.90 Å². The Hall–Kier alpha value is -3.33. The summed E-state index contributed by atoms with van der Waals surface area (Å²) in [5, 5.41) is 11.8. The Labute approximate surface area is 167 Å². The monoisotopic (exact) mass is 396 g/mol. The van der Waals surface area contributed by atoms with E-state index in [2.05, 4.69) is 20.4 Å². The molecular weight excluding hydrogens is 375 g/mol. The van der Waals surface area contributed by atoms with Crippen LogP contribution in [0, 0.1) is 5.82 Å². The molecule has 1 fully saturated rings. The number of aromatic nitrogens is 4. The second-order valence-electron chi connectivity index (χ2n) is 6.79. The van der Waals surface area contributed by atoms with Gasteiger partial charge in [0.15, 0.2) is 5.82 Å². The van der Waals surface area contributed by atoms with Crippen LogP contribution in [0.5, 0.6) is 0 Å². The first-order valence-corrected chi connectivity index (χ1v) is 9.40. The van der Waals surface area contributed by atoms with Crippen molar-refractivity contribution >= 4 is 6.09 Å². The molecule has 2 heterocycles. The number of rotatable bonds is 5. The summed E-state index contributed by atoms with van der Waals surface area (Å²) in [6, 6.07) is 15.7. The summed E-state index contributed by atoms with van der Waals surface area (Å²) in [5.74, 6) is 0.280. The van der Waals surface area contributed by atoms with Gasteiger partial charge in [-0.2, -0.15) is 4.68 Å². The largest absolute Gasteiger partial charge is 0.445 e. The Morgan fingerprint density at radius 3 is 2.59 bits per heavy atom. The molecule has 1 aromatic heterocycles. The fraction of sp³-hybridized carbons (Fsp3) is 0.300. The van der Waals surface area contributed by atoms with Gasteiger partial charge in [0.1, 0.15) is 12.4 Å². The number of nitrogens with zero attached hydrogens (tertiary/aromatic N) is 6. The number of ether oxygens (including phenoxy) is 1. The lowest BCUT2D eigenvalue weighted by molar-refractivity contribution is 0.0693. The van der Waals surface area contributed by atoms with Crippen molar-refractivity contribution in [1.29, 1.82) is 0 Å². The fourth-order valence-corrected chi connectivity index (χ4v) is 3.21. The molecule has 4 rings (SSSR count). The second-order valence-corrected chi connectivity index (χ2v) is 6.79. The molecular formula is C20H21FN6O2. The van der Waals surface area contributed by atoms with Gasteiger partial charge >= 0.3 is 6.09 Å². The SMILES string of the molecule is O=C(OCc1ccccc1)N1CCN(Cc2nnnn2-c2cccc(F)c2)CC1. The van der Waals surface area contributed by atoms with E-state index in [0.29, 0.717) is 44.2 Å². The van der Waals surface area contributed by atoms with Crippen LogP contribution in [0.1, 0.15) is 11.4 Å². The molecule has 1 aliphatic heterocycles. The zero-order valence-electron chi connectivity index (χ0n) is 15.8. The number of piperazine rings is 1. The van der Waals surface area contributed by atoms with E-state index in [1.165, 1.54) is 16.8 Å². The Balaban J connectivity index is 1.29. The number of tetrazole rings is 1. The lowest BCUT2D eigenvalue weighted by Gasteiger charge is -2.33. The summed E-state index contributed by atoms with van der Waals surface area (Å²) >= 11 is 0. The highest BCUT2D eigenvalue weighted by molar-refractivity contribution is 5.67. The van der Waals surface area contributed by atoms with Crippen molar-refractivity contribution in [3.05, 3.63) is 71.8 Å². The van der Waals surface area contributed by atoms with Crippen LogP contribution in [0.25, 0.3) is 5.69 Å². The number of benzene rings is 2. The summed E-state index contributed by atoms with van der Waals surface area (Å²) in [6.45, 7) is 3.26. The highest BCUT2D eigenvalue weighted by Crippen LogP contribution is 2.13. The van der Waals surface area contributed by atoms with E-state index in [-0.39, 0.29) is 18.5 Å². The molecule has 2 aromatic carbocycles. The average Bonchev–Trinajstić information content (AvgIpc) is 3.21. The van der Waals surface area contributed by atoms with E-state index in [9.17, 15) is 9.18 Å². The van der Waals surface area contributed by atoms with Crippen molar-refractivity contribution in [3.63, 3.8) is 0 Å². The first-order valence-electron chi connectivity index (χ1n) is 9.40. The predicted molar refractivity (Wildman–Crippen MR) is 103 cm³/mol. The van der Waals surface area contributed by atoms with Crippen molar-refractivity contribution in [2.45, 2.75) is 13.2 Å². The van der Waals surface area contributed by atoms with Crippen molar-refractivity contribution in [3.8, 4) is 5.69 Å². The fourth-order valence-electron chi connectivity index (χ4n) is 3.21. The van der Waals surface area contributed by atoms with E-state index in [0.717, 1.165) is 5.56 Å². The third-order valence-electron chi connectivity index (χ3n) is 4.79. The van der Waals surface area contributed by atoms with E-state index in [1.54, 1.807) is 17.0 Å². The second kappa shape index (κ2) is 8.78. The molecule has 9 heteroatoms. The molecule has 29 heavy (non-hydrogen) atoms. The summed E-state index contributed by atoms with van der Waals surface area (Å²) in [7, 11) is 0. The highest BCUT2D eigenvalue weighted by atomic mass is 19.1. The molecule has 1 amide bonds. The topological polar surface area (TPSA) is 76.4 Å². The normalized spacial score (nSPS) is 14.7. The third-order valence-corrected chi connectivity index (χ3v) is 4.79. The maximum Gasteiger partial charge on any atom is 0.410 e. The number of halogens is 1. The summed E-state index contributed by atoms with van der Waals surface area (Å²) < 4.78 is 20.4. The van der Waals surface area contributed by atoms with E-state index in [1.807, 2.05) is 30.3 Å². The molecule has 0 bridgehead atoms. The molecule has 0 spiro atoms. The standard InChI is InChI=1S/C20H21FN6O2/c21-17-7-4-8-18(13-17)27-19(22-23-24-27)14-25-9-11-26(12-10-25)20(28)29-15-16-5-2-1-3-6-16/h1-8,13H,9-12,14-15H2. The molecule has 1 aliphatic rings. The predicted octanol–water partition coefficient (Wildman–Crippen LogP) is 2.26. The Morgan fingerprint density at radius 1 is 1.03 bits per heavy atom. The van der Waals surface area contributed by atoms with Crippen molar-refractivity contribution in [1.82, 2.24) is 30.0 Å². The number of hydrogen-bond donors (Lipinski definition) is 0. The average molecular weight is 396 g/mol. The van der Waals surface area contributed by atoms with Crippen LogP contribution in [0.2, 0.25) is 0 Å². The minimum Gasteiger partial charge on any atom is -0.445 e. The zero-order chi connectivity index (χ0) is 20.1. The van der Waals surface area contributed by atoms with Crippen LogP contribution >= 0.6 is 0 Å². The van der Waals surface area contributed by atoms with Gasteiger partial charge in [0.2, 0.25) is 0 Å². The van der Waals surface area contributed by atoms with Crippen molar-refractivity contribution < 1.29 is 13.9 Å². The molecule has 8 nitrogen and oxygen atoms in total. The van der Waals surface area contributed by atoms with E-state index in [4.69, 9.17) is 4.74 Å². The molecule has 0 aliphatic carbocycles. The van der Waals surface area contributed by atoms with Crippen LogP contribution in [-0.2, 0) is 17.9 Å². The Morgan fingerprint density at radius 2 is 1.83 bits per heavy atom. The van der Waals surface area contributed by atoms with Crippen molar-refractivity contribution in [2.75, 3.05) is 26.2 Å². The van der Waals surface area contributed by atoms with Crippen LogP contribution in [-0.4, -0.2) is 62.3 Å². The molecule has 0 radical (unpaired) electrons. The van der Waals surface area contributed by atoms with Crippen LogP contribution in [0.4, 0.5) is 9.18 Å². The van der Waals surface area contributed by atoms with E-state index >= 15 is 0 Å². The van der Waals surface area contributed by atoms with Gasteiger partial charge in [0, 0.05) is 26.2 Å². The summed E-state index contributed by atoms with van der Waals surface area (Å²) in [6.07, 6.45) is -0.307. The van der Waals surface area contributed by atoms with Gasteiger partial charge in [-0.15, -0.1) is 5.10 Å². The van der Waals surface area contributed by atoms with Gasteiger partial charge in [-0.1, -0.05) is 36.4 Å². The van der Waals surface area contributed by atoms with Gasteiger partial charge in [0.25, 0.3) is 0 Å². The number of carbonyl (C=O) groups excluding carboxylic acids is 1. The lowest BCUT2D eigenvalue weighted by Crippen LogP contribution is -2.48. The van der Waals surface area contributed by atoms with E-state index < -0.39 is 0 Å². The minimum absolute atomic E-state index is 0.266. The van der Waals surface area contributed by atoms with Gasteiger partial charge in [-0.05, 0) is 34.2 Å². The van der Waals surface area contributed by atoms with Gasteiger partial charge < -0.3 is 9.64 Å². The Kier molecular flexibility index (Phi) is 5.76. The summed E-state index contributed by atoms with van der Waals surface area (Å²) in [5.41, 5.74) is 1.54. The first-order chi connectivity index (χ1) is 14.2. The van der Waals surface area contributed by atoms with Gasteiger partial charge in [0.05, 0.1) is 12.2 Å². The smallest absolute Gasteiger partial charge is 0.410 e. The van der Waals surface area contributed by atoms with Crippen LogP contribution in [0.3, 0.4) is 0 Å². The molecule has 0 saturated carbocycles. The maximum absolute atomic E-state index is 13.5. The molecule has 1 saturated heterocycles. The van der Waals surface area contributed by atoms with Crippen LogP contribution in [0.15, 0.2) is 54.6 Å². The summed E-state index contributed by atoms with van der Waals surface area (Å²) in [4.78, 5) is 16.1. The maximum atomic E-state index is 13.5. The van der Waals surface area contributed by atoms with Gasteiger partial charge in [-0.25, -0.2) is 9.18 Å². The highest BCUT2D eigenvalue weighted by Gasteiger charge is 2.23. The van der Waals surface area contributed by atoms with Crippen LogP contribution < -0.4 is 0 Å². The number of amides is 1. The molecule has 0 atom stereocenters.